The van der Waals surface area contributed by atoms with Gasteiger partial charge < -0.3 is 34.3 Å². The predicted molar refractivity (Wildman–Crippen MR) is 247 cm³/mol. The number of pyridine rings is 1. The second-order valence-electron chi connectivity index (χ2n) is 18.8. The lowest BCUT2D eigenvalue weighted by Gasteiger charge is -2.37. The molecular weight excluding hydrogens is 827 g/mol. The SMILES string of the molecule is C=CC(=O)N1CC[C@H](C(=O)N(C)C(C(=O)N[C@H]2Cc3cc(O)cc(c3)-c3ccc4c(c3)c(c(-c3ccncc3COC)n4CC)CC(C)(C)COC(=O)[C@@H]3CCCN(N3)C2=O)C(C)C)C1. The number of benzene rings is 2. The number of hydrogen-bond acceptors (Lipinski definition) is 10. The van der Waals surface area contributed by atoms with Crippen LogP contribution in [-0.2, 0) is 59.4 Å². The minimum absolute atomic E-state index is 0.00858. The van der Waals surface area contributed by atoms with Crippen LogP contribution >= 0.6 is 0 Å². The zero-order valence-electron chi connectivity index (χ0n) is 38.7. The number of hydrazine groups is 1. The van der Waals surface area contributed by atoms with Crippen molar-refractivity contribution in [2.75, 3.05) is 40.4 Å². The van der Waals surface area contributed by atoms with Gasteiger partial charge in [0.25, 0.3) is 5.91 Å². The molecular formula is C50H63N7O8. The normalized spacial score (nSPS) is 20.6. The summed E-state index contributed by atoms with van der Waals surface area (Å²) in [6.07, 6.45) is 6.79. The van der Waals surface area contributed by atoms with Crippen molar-refractivity contribution in [3.63, 3.8) is 0 Å². The summed E-state index contributed by atoms with van der Waals surface area (Å²) in [5, 5.41) is 16.7. The van der Waals surface area contributed by atoms with Crippen LogP contribution in [0.4, 0.5) is 0 Å². The summed E-state index contributed by atoms with van der Waals surface area (Å²) in [4.78, 5) is 76.7. The number of esters is 1. The highest BCUT2D eigenvalue weighted by Crippen LogP contribution is 2.41. The van der Waals surface area contributed by atoms with Crippen molar-refractivity contribution in [3.05, 3.63) is 84.2 Å². The van der Waals surface area contributed by atoms with Crippen molar-refractivity contribution in [3.8, 4) is 28.1 Å². The summed E-state index contributed by atoms with van der Waals surface area (Å²) >= 11 is 0. The number of cyclic esters (lactones) is 1. The standard InChI is InChI=1S/C50H63N7O8/c1-9-43(59)55-19-16-33(27-55)47(61)54(7)44(30(3)4)46(60)52-41-22-31-20-34(23-36(58)21-31)32-13-14-42-38(24-32)39(45(56(42)10-2)37-15-17-51-26-35(37)28-64-8)25-50(5,6)29-65-49(63)40-12-11-18-57(53-40)48(41)62/h9,13-15,17,20-21,23-24,26,30,33,40-41,44,53,58H,1,10-12,16,18-19,22,25,27-29H2,2-8H3,(H,52,60)/t33-,40-,41-,44?/m0/s1. The minimum Gasteiger partial charge on any atom is -0.508 e. The number of carbonyl (C=O) groups is 5. The number of rotatable bonds is 10. The minimum atomic E-state index is -1.16. The predicted octanol–water partition coefficient (Wildman–Crippen LogP) is 5.41. The van der Waals surface area contributed by atoms with E-state index in [-0.39, 0.29) is 49.6 Å². The maximum Gasteiger partial charge on any atom is 0.324 e. The first kappa shape index (κ1) is 46.9. The molecule has 0 saturated carbocycles. The number of aryl methyl sites for hydroxylation is 1. The molecule has 2 aromatic carbocycles. The van der Waals surface area contributed by atoms with Gasteiger partial charge in [0.1, 0.15) is 23.9 Å². The Morgan fingerprint density at radius 2 is 1.89 bits per heavy atom. The van der Waals surface area contributed by atoms with Crippen molar-refractivity contribution >= 4 is 40.5 Å². The Labute approximate surface area is 381 Å². The number of nitrogens with zero attached hydrogens (tertiary/aromatic N) is 5. The highest BCUT2D eigenvalue weighted by atomic mass is 16.5. The number of aromatic nitrogens is 2. The molecule has 65 heavy (non-hydrogen) atoms. The van der Waals surface area contributed by atoms with E-state index in [2.05, 4.69) is 59.8 Å². The fourth-order valence-electron chi connectivity index (χ4n) is 9.84. The molecule has 2 fully saturated rings. The first-order valence-corrected chi connectivity index (χ1v) is 22.7. The van der Waals surface area contributed by atoms with Gasteiger partial charge in [0.15, 0.2) is 0 Å². The van der Waals surface area contributed by atoms with Gasteiger partial charge in [-0.2, -0.15) is 0 Å². The molecule has 346 valence electrons. The van der Waals surface area contributed by atoms with Gasteiger partial charge >= 0.3 is 5.97 Å². The highest BCUT2D eigenvalue weighted by molar-refractivity contribution is 5.96. The van der Waals surface area contributed by atoms with Crippen LogP contribution in [-0.4, -0.2) is 118 Å². The van der Waals surface area contributed by atoms with E-state index in [1.54, 1.807) is 37.4 Å². The first-order valence-electron chi connectivity index (χ1n) is 22.7. The average Bonchev–Trinajstić information content (AvgIpc) is 3.90. The largest absolute Gasteiger partial charge is 0.508 e. The molecule has 5 heterocycles. The van der Waals surface area contributed by atoms with Crippen LogP contribution in [0.2, 0.25) is 0 Å². The summed E-state index contributed by atoms with van der Waals surface area (Å²) in [7, 11) is 3.24. The smallest absolute Gasteiger partial charge is 0.324 e. The topological polar surface area (TPSA) is 176 Å². The number of aromatic hydroxyl groups is 1. The van der Waals surface area contributed by atoms with Crippen LogP contribution in [0.25, 0.3) is 33.3 Å². The van der Waals surface area contributed by atoms with Crippen LogP contribution in [0.3, 0.4) is 0 Å². The molecule has 1 unspecified atom stereocenters. The zero-order valence-corrected chi connectivity index (χ0v) is 38.7. The Morgan fingerprint density at radius 3 is 2.62 bits per heavy atom. The quantitative estimate of drug-likeness (QED) is 0.138. The number of hydrogen-bond donors (Lipinski definition) is 3. The van der Waals surface area contributed by atoms with Gasteiger partial charge in [0.05, 0.1) is 24.8 Å². The highest BCUT2D eigenvalue weighted by Gasteiger charge is 2.40. The Hall–Kier alpha value is -6.06. The maximum absolute atomic E-state index is 14.7. The molecule has 6 bridgehead atoms. The molecule has 0 aliphatic carbocycles. The number of carbonyl (C=O) groups excluding carboxylic acids is 5. The number of fused-ring (bicyclic) bond motifs is 6. The van der Waals surface area contributed by atoms with Gasteiger partial charge in [0, 0.05) is 86.6 Å². The van der Waals surface area contributed by atoms with Gasteiger partial charge in [-0.15, -0.1) is 0 Å². The number of amides is 4. The molecule has 0 radical (unpaired) electrons. The summed E-state index contributed by atoms with van der Waals surface area (Å²) in [6.45, 7) is 15.6. The van der Waals surface area contributed by atoms with E-state index in [1.165, 1.54) is 16.0 Å². The van der Waals surface area contributed by atoms with Gasteiger partial charge in [0.2, 0.25) is 17.7 Å². The van der Waals surface area contributed by atoms with Crippen LogP contribution in [0.1, 0.15) is 70.6 Å². The lowest BCUT2D eigenvalue weighted by molar-refractivity contribution is -0.155. The third-order valence-electron chi connectivity index (χ3n) is 13.0. The summed E-state index contributed by atoms with van der Waals surface area (Å²) in [6, 6.07) is 10.5. The molecule has 15 heteroatoms. The van der Waals surface area contributed by atoms with Gasteiger partial charge in [-0.05, 0) is 97.2 Å². The van der Waals surface area contributed by atoms with Crippen LogP contribution in [0, 0.1) is 17.3 Å². The Bertz CT molecular complexity index is 2480. The maximum atomic E-state index is 14.7. The Balaban J connectivity index is 1.30. The zero-order chi connectivity index (χ0) is 46.7. The van der Waals surface area contributed by atoms with Crippen molar-refractivity contribution in [2.24, 2.45) is 17.3 Å². The Kier molecular flexibility index (Phi) is 14.1. The molecule has 15 nitrogen and oxygen atoms in total. The molecule has 2 aromatic heterocycles. The van der Waals surface area contributed by atoms with Crippen molar-refractivity contribution < 1.29 is 38.6 Å². The van der Waals surface area contributed by atoms with Crippen molar-refractivity contribution in [1.82, 2.24) is 35.1 Å². The van der Waals surface area contributed by atoms with Crippen molar-refractivity contribution in [2.45, 2.75) is 98.0 Å². The van der Waals surface area contributed by atoms with Gasteiger partial charge in [-0.1, -0.05) is 46.4 Å². The molecule has 7 rings (SSSR count). The van der Waals surface area contributed by atoms with Crippen LogP contribution < -0.4 is 10.7 Å². The average molecular weight is 890 g/mol. The molecule has 3 aliphatic heterocycles. The number of phenols is 1. The number of likely N-dealkylation sites (tertiary alicyclic amines) is 1. The fourth-order valence-corrected chi connectivity index (χ4v) is 9.84. The van der Waals surface area contributed by atoms with E-state index in [4.69, 9.17) is 9.47 Å². The number of phenolic OH excluding ortho intramolecular Hbond substituents is 1. The fraction of sp³-hybridized carbons (Fsp3) is 0.480. The third-order valence-corrected chi connectivity index (χ3v) is 13.0. The van der Waals surface area contributed by atoms with Crippen LogP contribution in [0.5, 0.6) is 5.75 Å². The molecule has 4 amide bonds. The number of nitrogens with one attached hydrogen (secondary N) is 2. The second-order valence-corrected chi connectivity index (χ2v) is 18.8. The van der Waals surface area contributed by atoms with E-state index >= 15 is 0 Å². The second kappa shape index (κ2) is 19.6. The lowest BCUT2D eigenvalue weighted by Crippen LogP contribution is -2.62. The van der Waals surface area contributed by atoms with E-state index < -0.39 is 47.2 Å². The first-order chi connectivity index (χ1) is 31.0. The number of ether oxygens (including phenoxy) is 2. The third kappa shape index (κ3) is 9.96. The van der Waals surface area contributed by atoms with E-state index in [0.29, 0.717) is 50.9 Å². The molecule has 3 aliphatic rings. The molecule has 0 spiro atoms. The number of methoxy groups -OCH3 is 1. The molecule has 4 aromatic rings. The monoisotopic (exact) mass is 889 g/mol. The number of likely N-dealkylation sites (N-methyl/N-ethyl adjacent to an activating group) is 1. The summed E-state index contributed by atoms with van der Waals surface area (Å²) in [5.41, 5.74) is 9.78. The van der Waals surface area contributed by atoms with E-state index in [0.717, 1.165) is 44.4 Å². The van der Waals surface area contributed by atoms with Gasteiger partial charge in [-0.25, -0.2) is 5.43 Å². The van der Waals surface area contributed by atoms with E-state index in [9.17, 15) is 29.1 Å². The summed E-state index contributed by atoms with van der Waals surface area (Å²) < 4.78 is 14.0. The van der Waals surface area contributed by atoms with E-state index in [1.807, 2.05) is 38.2 Å². The lowest BCUT2D eigenvalue weighted by atomic mass is 9.84. The van der Waals surface area contributed by atoms with Gasteiger partial charge in [-0.3, -0.25) is 34.0 Å². The van der Waals surface area contributed by atoms with Crippen LogP contribution in [0.15, 0.2) is 67.5 Å². The van der Waals surface area contributed by atoms with Crippen molar-refractivity contribution in [1.29, 1.82) is 0 Å². The molecule has 3 N–H and O–H groups in total. The summed E-state index contributed by atoms with van der Waals surface area (Å²) in [5.74, 6) is -2.85. The molecule has 2 saturated heterocycles. The Morgan fingerprint density at radius 1 is 1.11 bits per heavy atom. The molecule has 4 atom stereocenters.